The number of halogens is 4. The first-order valence-corrected chi connectivity index (χ1v) is 3.23. The van der Waals surface area contributed by atoms with Gasteiger partial charge in [-0.25, -0.2) is 0 Å². The van der Waals surface area contributed by atoms with Crippen LogP contribution in [0.3, 0.4) is 0 Å². The zero-order valence-electron chi connectivity index (χ0n) is 8.61. The van der Waals surface area contributed by atoms with E-state index < -0.39 is 29.3 Å². The van der Waals surface area contributed by atoms with Gasteiger partial charge in [-0.3, -0.25) is 4.98 Å². The zero-order chi connectivity index (χ0) is 11.9. The predicted octanol–water partition coefficient (Wildman–Crippen LogP) is 3.06. The van der Waals surface area contributed by atoms with E-state index in [9.17, 15) is 13.2 Å². The van der Waals surface area contributed by atoms with E-state index >= 15 is 0 Å². The second-order valence-corrected chi connectivity index (χ2v) is 2.45. The van der Waals surface area contributed by atoms with Gasteiger partial charge in [-0.05, 0) is 18.5 Å². The van der Waals surface area contributed by atoms with Crippen LogP contribution >= 0.6 is 11.6 Å². The second-order valence-electron chi connectivity index (χ2n) is 2.05. The summed E-state index contributed by atoms with van der Waals surface area (Å²) in [5.74, 6) is 0. The van der Waals surface area contributed by atoms with Crippen molar-refractivity contribution in [3.05, 3.63) is 28.5 Å². The molecule has 1 heterocycles. The van der Waals surface area contributed by atoms with Gasteiger partial charge in [0, 0.05) is 15.3 Å². The highest BCUT2D eigenvalue weighted by molar-refractivity contribution is 6.31. The lowest BCUT2D eigenvalue weighted by atomic mass is 10.3. The summed E-state index contributed by atoms with van der Waals surface area (Å²) < 4.78 is 57.3. The molecule has 0 fully saturated rings. The normalized spacial score (nSPS) is 16.5. The van der Waals surface area contributed by atoms with Gasteiger partial charge in [-0.2, -0.15) is 13.2 Å². The van der Waals surface area contributed by atoms with Crippen molar-refractivity contribution < 1.29 is 17.3 Å². The molecule has 1 rings (SSSR count). The minimum absolute atomic E-state index is 0.392. The molecule has 0 radical (unpaired) electrons. The minimum Gasteiger partial charge on any atom is -0.251 e. The van der Waals surface area contributed by atoms with Crippen LogP contribution < -0.4 is 0 Å². The summed E-state index contributed by atoms with van der Waals surface area (Å²) in [5, 5.41) is -0.461. The third-order valence-electron chi connectivity index (χ3n) is 1.14. The molecule has 1 aromatic heterocycles. The first kappa shape index (κ1) is 5.80. The molecule has 66 valence electrons. The van der Waals surface area contributed by atoms with Crippen molar-refractivity contribution in [3.63, 3.8) is 0 Å². The molecule has 0 aromatic carbocycles. The lowest BCUT2D eigenvalue weighted by Crippen LogP contribution is -2.07. The van der Waals surface area contributed by atoms with Crippen LogP contribution in [0.2, 0.25) is 5.02 Å². The fraction of sp³-hybridized carbons (Fsp3) is 0.286. The van der Waals surface area contributed by atoms with Crippen molar-refractivity contribution in [2.45, 2.75) is 13.0 Å². The largest absolute Gasteiger partial charge is 0.433 e. The van der Waals surface area contributed by atoms with Gasteiger partial charge in [0.05, 0.1) is 0 Å². The molecule has 0 spiro atoms. The van der Waals surface area contributed by atoms with Gasteiger partial charge in [0.25, 0.3) is 0 Å². The molecule has 0 unspecified atom stereocenters. The SMILES string of the molecule is [2H]C([2H])([2H])c1cnc(C(F)(F)F)cc1Cl. The molecule has 0 aliphatic rings. The maximum Gasteiger partial charge on any atom is 0.433 e. The molecule has 0 saturated carbocycles. The highest BCUT2D eigenvalue weighted by Gasteiger charge is 2.32. The first-order valence-electron chi connectivity index (χ1n) is 4.35. The highest BCUT2D eigenvalue weighted by atomic mass is 35.5. The molecule has 5 heteroatoms. The lowest BCUT2D eigenvalue weighted by molar-refractivity contribution is -0.141. The summed E-state index contributed by atoms with van der Waals surface area (Å²) in [4.78, 5) is 3.01. The number of hydrogen-bond acceptors (Lipinski definition) is 1. The second kappa shape index (κ2) is 2.94. The number of nitrogens with zero attached hydrogens (tertiary/aromatic N) is 1. The van der Waals surface area contributed by atoms with Gasteiger partial charge in [0.15, 0.2) is 0 Å². The van der Waals surface area contributed by atoms with Gasteiger partial charge in [0.1, 0.15) is 5.69 Å². The summed E-state index contributed by atoms with van der Waals surface area (Å²) in [6.07, 6.45) is -4.00. The Morgan fingerprint density at radius 1 is 1.58 bits per heavy atom. The van der Waals surface area contributed by atoms with Crippen LogP contribution in [-0.2, 0) is 6.18 Å². The van der Waals surface area contributed by atoms with E-state index in [4.69, 9.17) is 15.7 Å². The Morgan fingerprint density at radius 2 is 2.25 bits per heavy atom. The Hall–Kier alpha value is -0.770. The predicted molar refractivity (Wildman–Crippen MR) is 39.0 cm³/mol. The number of aromatic nitrogens is 1. The molecule has 0 aliphatic carbocycles. The molecule has 0 atom stereocenters. The number of aryl methyl sites for hydroxylation is 1. The van der Waals surface area contributed by atoms with Crippen LogP contribution in [0.1, 0.15) is 15.4 Å². The molecule has 12 heavy (non-hydrogen) atoms. The van der Waals surface area contributed by atoms with Crippen LogP contribution in [0.15, 0.2) is 12.3 Å². The third-order valence-corrected chi connectivity index (χ3v) is 1.46. The summed E-state index contributed by atoms with van der Waals surface area (Å²) in [5.41, 5.74) is -1.60. The summed E-state index contributed by atoms with van der Waals surface area (Å²) in [7, 11) is 0. The van der Waals surface area contributed by atoms with E-state index in [2.05, 4.69) is 4.98 Å². The molecular formula is C7H5ClF3N. The smallest absolute Gasteiger partial charge is 0.251 e. The van der Waals surface area contributed by atoms with E-state index in [0.717, 1.165) is 0 Å². The van der Waals surface area contributed by atoms with E-state index in [1.165, 1.54) is 0 Å². The van der Waals surface area contributed by atoms with Crippen molar-refractivity contribution >= 4 is 11.6 Å². The topological polar surface area (TPSA) is 12.9 Å². The summed E-state index contributed by atoms with van der Waals surface area (Å²) in [6, 6.07) is 0.503. The van der Waals surface area contributed by atoms with Gasteiger partial charge >= 0.3 is 6.18 Å². The van der Waals surface area contributed by atoms with Gasteiger partial charge in [-0.15, -0.1) is 0 Å². The number of pyridine rings is 1. The Morgan fingerprint density at radius 3 is 2.67 bits per heavy atom. The molecule has 1 nitrogen and oxygen atoms in total. The third kappa shape index (κ3) is 1.88. The van der Waals surface area contributed by atoms with Gasteiger partial charge in [0.2, 0.25) is 0 Å². The maximum atomic E-state index is 12.1. The van der Waals surface area contributed by atoms with Crippen LogP contribution in [0, 0.1) is 6.85 Å². The van der Waals surface area contributed by atoms with Crippen molar-refractivity contribution in [2.24, 2.45) is 0 Å². The van der Waals surface area contributed by atoms with E-state index in [1.807, 2.05) is 0 Å². The standard InChI is InChI=1S/C7H5ClF3N/c1-4-3-12-6(2-5(4)8)7(9,10)11/h2-3H,1H3/i1D3. The molecule has 0 amide bonds. The van der Waals surface area contributed by atoms with Gasteiger partial charge < -0.3 is 0 Å². The fourth-order valence-electron chi connectivity index (χ4n) is 0.586. The lowest BCUT2D eigenvalue weighted by Gasteiger charge is -2.05. The van der Waals surface area contributed by atoms with Crippen molar-refractivity contribution in [2.75, 3.05) is 0 Å². The Bertz CT molecular complexity index is 375. The quantitative estimate of drug-likeness (QED) is 0.624. The van der Waals surface area contributed by atoms with E-state index in [1.54, 1.807) is 0 Å². The van der Waals surface area contributed by atoms with Crippen LogP contribution in [-0.4, -0.2) is 4.98 Å². The Balaban J connectivity index is 3.21. The Kier molecular flexibility index (Phi) is 1.42. The molecule has 0 bridgehead atoms. The molecule has 0 saturated heterocycles. The number of alkyl halides is 3. The average Bonchev–Trinajstić information content (AvgIpc) is 1.99. The van der Waals surface area contributed by atoms with E-state index in [0.29, 0.717) is 12.3 Å². The monoisotopic (exact) mass is 198 g/mol. The maximum absolute atomic E-state index is 12.1. The molecule has 1 aromatic rings. The van der Waals surface area contributed by atoms with E-state index in [-0.39, 0.29) is 0 Å². The average molecular weight is 199 g/mol. The minimum atomic E-state index is -4.63. The van der Waals surface area contributed by atoms with Crippen LogP contribution in [0.25, 0.3) is 0 Å². The molecule has 0 aliphatic heterocycles. The molecule has 0 N–H and O–H groups in total. The molecular weight excluding hydrogens is 191 g/mol. The zero-order valence-corrected chi connectivity index (χ0v) is 6.37. The van der Waals surface area contributed by atoms with Crippen molar-refractivity contribution in [1.82, 2.24) is 4.98 Å². The van der Waals surface area contributed by atoms with Gasteiger partial charge in [-0.1, -0.05) is 11.6 Å². The van der Waals surface area contributed by atoms with Crippen LogP contribution in [0.5, 0.6) is 0 Å². The van der Waals surface area contributed by atoms with Crippen LogP contribution in [0.4, 0.5) is 13.2 Å². The summed E-state index contributed by atoms with van der Waals surface area (Å²) in [6.45, 7) is -2.56. The first-order chi connectivity index (χ1) is 6.62. The fourth-order valence-corrected chi connectivity index (χ4v) is 0.738. The van der Waals surface area contributed by atoms with Crippen molar-refractivity contribution in [3.8, 4) is 0 Å². The Labute approximate surface area is 76.4 Å². The van der Waals surface area contributed by atoms with Crippen molar-refractivity contribution in [1.29, 1.82) is 0 Å². The summed E-state index contributed by atoms with van der Waals surface area (Å²) >= 11 is 5.42. The number of hydrogen-bond donors (Lipinski definition) is 0. The highest BCUT2D eigenvalue weighted by Crippen LogP contribution is 2.29. The number of rotatable bonds is 0.